The van der Waals surface area contributed by atoms with Crippen LogP contribution < -0.4 is 4.74 Å². The van der Waals surface area contributed by atoms with Crippen molar-refractivity contribution in [3.63, 3.8) is 0 Å². The van der Waals surface area contributed by atoms with Crippen molar-refractivity contribution in [2.24, 2.45) is 5.92 Å². The summed E-state index contributed by atoms with van der Waals surface area (Å²) in [5, 5.41) is 10.8. The Hall–Kier alpha value is -1.34. The van der Waals surface area contributed by atoms with E-state index in [1.807, 2.05) is 6.92 Å². The Balaban J connectivity index is 2.43. The van der Waals surface area contributed by atoms with Crippen LogP contribution in [0.15, 0.2) is 24.3 Å². The summed E-state index contributed by atoms with van der Waals surface area (Å²) >= 11 is 0. The van der Waals surface area contributed by atoms with Crippen molar-refractivity contribution in [1.82, 2.24) is 0 Å². The highest BCUT2D eigenvalue weighted by molar-refractivity contribution is 8.13. The summed E-state index contributed by atoms with van der Waals surface area (Å²) in [6, 6.07) is 6.13. The summed E-state index contributed by atoms with van der Waals surface area (Å²) < 4.78 is 27.0. The molecule has 8 heteroatoms. The van der Waals surface area contributed by atoms with Crippen molar-refractivity contribution in [1.29, 1.82) is 0 Å². The van der Waals surface area contributed by atoms with Crippen LogP contribution in [-0.2, 0) is 9.05 Å². The first-order chi connectivity index (χ1) is 9.29. The zero-order valence-corrected chi connectivity index (χ0v) is 12.6. The fraction of sp³-hybridized carbons (Fsp3) is 0.500. The van der Waals surface area contributed by atoms with Gasteiger partial charge in [-0.15, -0.1) is 0 Å². The lowest BCUT2D eigenvalue weighted by Gasteiger charge is -2.11. The van der Waals surface area contributed by atoms with E-state index in [1.54, 1.807) is 12.1 Å². The highest BCUT2D eigenvalue weighted by atomic mass is 35.7. The molecule has 0 fully saturated rings. The number of halogens is 1. The van der Waals surface area contributed by atoms with Gasteiger partial charge < -0.3 is 4.74 Å². The number of nitrogens with zero attached hydrogens (tertiary/aromatic N) is 1. The second kappa shape index (κ2) is 7.44. The van der Waals surface area contributed by atoms with E-state index in [9.17, 15) is 18.5 Å². The van der Waals surface area contributed by atoms with Crippen molar-refractivity contribution >= 4 is 25.4 Å². The topological polar surface area (TPSA) is 86.5 Å². The average molecular weight is 322 g/mol. The number of ether oxygens (including phenoxy) is 1. The molecule has 0 radical (unpaired) electrons. The number of para-hydroxylation sites is 2. The van der Waals surface area contributed by atoms with Crippen LogP contribution in [0.25, 0.3) is 0 Å². The summed E-state index contributed by atoms with van der Waals surface area (Å²) in [7, 11) is 1.66. The molecule has 1 aromatic carbocycles. The van der Waals surface area contributed by atoms with Crippen molar-refractivity contribution in [2.75, 3.05) is 12.4 Å². The highest BCUT2D eigenvalue weighted by Crippen LogP contribution is 2.26. The maximum atomic E-state index is 10.8. The molecule has 0 heterocycles. The Morgan fingerprint density at radius 1 is 1.35 bits per heavy atom. The molecule has 0 saturated heterocycles. The summed E-state index contributed by atoms with van der Waals surface area (Å²) in [6.45, 7) is 2.17. The third-order valence-electron chi connectivity index (χ3n) is 2.78. The lowest BCUT2D eigenvalue weighted by Crippen LogP contribution is -2.09. The third kappa shape index (κ3) is 6.21. The average Bonchev–Trinajstić information content (AvgIpc) is 2.36. The molecule has 0 amide bonds. The fourth-order valence-electron chi connectivity index (χ4n) is 1.59. The van der Waals surface area contributed by atoms with E-state index in [0.717, 1.165) is 0 Å². The number of hydrogen-bond acceptors (Lipinski definition) is 5. The van der Waals surface area contributed by atoms with Gasteiger partial charge in [-0.1, -0.05) is 19.1 Å². The molecular weight excluding hydrogens is 306 g/mol. The van der Waals surface area contributed by atoms with Crippen LogP contribution in [0.4, 0.5) is 5.69 Å². The zero-order valence-electron chi connectivity index (χ0n) is 11.0. The Labute approximate surface area is 122 Å². The maximum absolute atomic E-state index is 10.8. The van der Waals surface area contributed by atoms with Crippen molar-refractivity contribution in [3.05, 3.63) is 34.4 Å². The molecule has 1 unspecified atom stereocenters. The van der Waals surface area contributed by atoms with Crippen molar-refractivity contribution in [3.8, 4) is 5.75 Å². The first-order valence-corrected chi connectivity index (χ1v) is 8.56. The van der Waals surface area contributed by atoms with Gasteiger partial charge in [-0.05, 0) is 24.8 Å². The molecule has 1 rings (SSSR count). The molecule has 0 aromatic heterocycles. The predicted octanol–water partition coefficient (Wildman–Crippen LogP) is 2.96. The molecule has 0 N–H and O–H groups in total. The number of rotatable bonds is 8. The van der Waals surface area contributed by atoms with Gasteiger partial charge in [0.05, 0.1) is 17.3 Å². The van der Waals surface area contributed by atoms with Gasteiger partial charge in [-0.3, -0.25) is 10.1 Å². The molecule has 6 nitrogen and oxygen atoms in total. The first-order valence-electron chi connectivity index (χ1n) is 6.08. The molecule has 0 aliphatic heterocycles. The monoisotopic (exact) mass is 321 g/mol. The van der Waals surface area contributed by atoms with Crippen LogP contribution in [0, 0.1) is 16.0 Å². The molecule has 0 spiro atoms. The number of nitro groups is 1. The van der Waals surface area contributed by atoms with Gasteiger partial charge in [0.1, 0.15) is 0 Å². The maximum Gasteiger partial charge on any atom is 0.310 e. The number of nitro benzene ring substituents is 1. The summed E-state index contributed by atoms with van der Waals surface area (Å²) in [4.78, 5) is 10.3. The molecule has 0 aliphatic carbocycles. The lowest BCUT2D eigenvalue weighted by molar-refractivity contribution is -0.385. The van der Waals surface area contributed by atoms with Gasteiger partial charge in [-0.25, -0.2) is 8.42 Å². The van der Waals surface area contributed by atoms with E-state index in [1.165, 1.54) is 12.1 Å². The molecule has 0 bridgehead atoms. The normalized spacial score (nSPS) is 12.9. The molecule has 20 heavy (non-hydrogen) atoms. The Morgan fingerprint density at radius 2 is 2.00 bits per heavy atom. The highest BCUT2D eigenvalue weighted by Gasteiger charge is 2.14. The predicted molar refractivity (Wildman–Crippen MR) is 76.6 cm³/mol. The van der Waals surface area contributed by atoms with Gasteiger partial charge in [0.25, 0.3) is 0 Å². The summed E-state index contributed by atoms with van der Waals surface area (Å²) in [6.07, 6.45) is 1.03. The first kappa shape index (κ1) is 16.7. The van der Waals surface area contributed by atoms with Gasteiger partial charge in [-0.2, -0.15) is 0 Å². The minimum Gasteiger partial charge on any atom is -0.487 e. The SMILES string of the molecule is CC(CCOc1ccccc1[N+](=O)[O-])CCS(=O)(=O)Cl. The Bertz CT molecular complexity index is 561. The van der Waals surface area contributed by atoms with Gasteiger partial charge >= 0.3 is 5.69 Å². The molecule has 1 atom stereocenters. The number of benzene rings is 1. The second-order valence-electron chi connectivity index (χ2n) is 4.50. The smallest absolute Gasteiger partial charge is 0.310 e. The van der Waals surface area contributed by atoms with Crippen molar-refractivity contribution < 1.29 is 18.1 Å². The van der Waals surface area contributed by atoms with Crippen molar-refractivity contribution in [2.45, 2.75) is 19.8 Å². The van der Waals surface area contributed by atoms with E-state index in [-0.39, 0.29) is 29.7 Å². The van der Waals surface area contributed by atoms with Gasteiger partial charge in [0.2, 0.25) is 9.05 Å². The minimum absolute atomic E-state index is 0.0801. The minimum atomic E-state index is -3.47. The van der Waals surface area contributed by atoms with E-state index in [4.69, 9.17) is 15.4 Å². The van der Waals surface area contributed by atoms with E-state index in [0.29, 0.717) is 12.8 Å². The van der Waals surface area contributed by atoms with Gasteiger partial charge in [0.15, 0.2) is 5.75 Å². The van der Waals surface area contributed by atoms with E-state index < -0.39 is 14.0 Å². The van der Waals surface area contributed by atoms with Crippen LogP contribution >= 0.6 is 10.7 Å². The van der Waals surface area contributed by atoms with E-state index >= 15 is 0 Å². The van der Waals surface area contributed by atoms with E-state index in [2.05, 4.69) is 0 Å². The largest absolute Gasteiger partial charge is 0.487 e. The molecule has 0 aliphatic rings. The standard InChI is InChI=1S/C12H16ClNO5S/c1-10(7-9-20(13,17)18)6-8-19-12-5-3-2-4-11(12)14(15)16/h2-5,10H,6-9H2,1H3. The fourth-order valence-corrected chi connectivity index (χ4v) is 2.54. The second-order valence-corrected chi connectivity index (χ2v) is 7.40. The number of hydrogen-bond donors (Lipinski definition) is 0. The van der Waals surface area contributed by atoms with Crippen LogP contribution in [0.3, 0.4) is 0 Å². The molecular formula is C12H16ClNO5S. The van der Waals surface area contributed by atoms with Crippen LogP contribution in [-0.4, -0.2) is 25.7 Å². The summed E-state index contributed by atoms with van der Waals surface area (Å²) in [5.41, 5.74) is -0.0801. The third-order valence-corrected chi connectivity index (χ3v) is 3.97. The Kier molecular flexibility index (Phi) is 6.22. The summed E-state index contributed by atoms with van der Waals surface area (Å²) in [5.74, 6) is 0.238. The molecule has 1 aromatic rings. The quantitative estimate of drug-likeness (QED) is 0.417. The zero-order chi connectivity index (χ0) is 15.2. The molecule has 112 valence electrons. The van der Waals surface area contributed by atoms with Crippen LogP contribution in [0.5, 0.6) is 5.75 Å². The lowest BCUT2D eigenvalue weighted by atomic mass is 10.1. The van der Waals surface area contributed by atoms with Gasteiger partial charge in [0, 0.05) is 16.7 Å². The van der Waals surface area contributed by atoms with Crippen LogP contribution in [0.1, 0.15) is 19.8 Å². The Morgan fingerprint density at radius 3 is 2.60 bits per heavy atom. The molecule has 0 saturated carbocycles. The van der Waals surface area contributed by atoms with Crippen LogP contribution in [0.2, 0.25) is 0 Å².